The minimum atomic E-state index is -1.70. The average Bonchev–Trinajstić information content (AvgIpc) is 3.86. The summed E-state index contributed by atoms with van der Waals surface area (Å²) in [5.74, 6) is -7.52. The third-order valence-electron chi connectivity index (χ3n) is 10.4. The van der Waals surface area contributed by atoms with E-state index in [4.69, 9.17) is 10.5 Å². The minimum absolute atomic E-state index is 0.000716. The van der Waals surface area contributed by atoms with Crippen LogP contribution in [0.3, 0.4) is 0 Å². The fourth-order valence-electron chi connectivity index (χ4n) is 7.09. The van der Waals surface area contributed by atoms with Crippen molar-refractivity contribution in [3.8, 4) is 0 Å². The predicted octanol–water partition coefficient (Wildman–Crippen LogP) is -2.41. The van der Waals surface area contributed by atoms with Gasteiger partial charge in [-0.2, -0.15) is 0 Å². The van der Waals surface area contributed by atoms with Gasteiger partial charge >= 0.3 is 5.97 Å². The van der Waals surface area contributed by atoms with E-state index in [9.17, 15) is 48.3 Å². The van der Waals surface area contributed by atoms with Gasteiger partial charge in [0.2, 0.25) is 47.3 Å². The molecule has 1 aromatic carbocycles. The fraction of sp³-hybridized carbons (Fsp3) is 0.553. The number of primary amides is 1. The lowest BCUT2D eigenvalue weighted by Gasteiger charge is -2.28. The molecule has 3 aliphatic heterocycles. The van der Waals surface area contributed by atoms with Crippen molar-refractivity contribution in [1.29, 1.82) is 0 Å². The summed E-state index contributed by atoms with van der Waals surface area (Å²) in [6.07, 6.45) is 1.35. The number of rotatable bonds is 9. The van der Waals surface area contributed by atoms with E-state index in [0.29, 0.717) is 25.9 Å². The molecule has 3 aliphatic rings. The number of amides is 8. The lowest BCUT2D eigenvalue weighted by molar-refractivity contribution is -0.143. The Morgan fingerprint density at radius 2 is 1.67 bits per heavy atom. The Morgan fingerprint density at radius 1 is 0.934 bits per heavy atom. The summed E-state index contributed by atoms with van der Waals surface area (Å²) in [5.41, 5.74) is 7.40. The maximum atomic E-state index is 14.0. The number of carboxylic acid groups (broad SMARTS) is 1. The molecule has 332 valence electrons. The number of para-hydroxylation sites is 1. The van der Waals surface area contributed by atoms with Gasteiger partial charge in [-0.3, -0.25) is 43.2 Å². The number of carboxylic acids is 1. The van der Waals surface area contributed by atoms with Crippen molar-refractivity contribution in [1.82, 2.24) is 47.1 Å². The van der Waals surface area contributed by atoms with Crippen LogP contribution in [0.5, 0.6) is 0 Å². The molecular weight excluding hydrogens is 837 g/mol. The smallest absolute Gasteiger partial charge is 0.305 e. The summed E-state index contributed by atoms with van der Waals surface area (Å²) in [5, 5.41) is 28.6. The number of carbonyl (C=O) groups excluding carboxylic acids is 8. The lowest BCUT2D eigenvalue weighted by atomic mass is 9.97. The molecule has 8 amide bonds. The van der Waals surface area contributed by atoms with Gasteiger partial charge in [-0.15, -0.1) is 0 Å². The lowest BCUT2D eigenvalue weighted by Crippen LogP contribution is -2.58. The first-order valence-electron chi connectivity index (χ1n) is 19.9. The average molecular weight is 889 g/mol. The molecular formula is C38H52N10O11S2. The van der Waals surface area contributed by atoms with Crippen LogP contribution in [0.25, 0.3) is 10.9 Å². The van der Waals surface area contributed by atoms with E-state index < -0.39 is 96.6 Å². The highest BCUT2D eigenvalue weighted by atomic mass is 33.1. The molecule has 0 bridgehead atoms. The summed E-state index contributed by atoms with van der Waals surface area (Å²) >= 11 is 0. The minimum Gasteiger partial charge on any atom is -0.481 e. The number of benzene rings is 1. The summed E-state index contributed by atoms with van der Waals surface area (Å²) in [7, 11) is 2.36. The van der Waals surface area contributed by atoms with Crippen LogP contribution in [0.4, 0.5) is 0 Å². The van der Waals surface area contributed by atoms with E-state index in [2.05, 4.69) is 42.2 Å². The number of carbonyl (C=O) groups is 9. The number of hydrogen-bond acceptors (Lipinski definition) is 13. The first-order valence-corrected chi connectivity index (χ1v) is 22.4. The Balaban J connectivity index is 1.32. The van der Waals surface area contributed by atoms with Gasteiger partial charge in [-0.1, -0.05) is 39.8 Å². The van der Waals surface area contributed by atoms with Gasteiger partial charge < -0.3 is 62.7 Å². The van der Waals surface area contributed by atoms with Crippen molar-refractivity contribution in [2.45, 2.75) is 81.9 Å². The molecule has 0 radical (unpaired) electrons. The molecule has 1 aromatic heterocycles. The van der Waals surface area contributed by atoms with Crippen LogP contribution in [-0.4, -0.2) is 149 Å². The van der Waals surface area contributed by atoms with Gasteiger partial charge in [-0.05, 0) is 38.9 Å². The Hall–Kier alpha value is -5.39. The van der Waals surface area contributed by atoms with Crippen molar-refractivity contribution in [3.63, 3.8) is 0 Å². The molecule has 3 fully saturated rings. The number of fused-ring (bicyclic) bond motifs is 2. The third-order valence-corrected chi connectivity index (χ3v) is 12.8. The number of aliphatic carboxylic acids is 1. The molecule has 6 atom stereocenters. The van der Waals surface area contributed by atoms with Crippen LogP contribution in [-0.2, 0) is 54.5 Å². The monoisotopic (exact) mass is 888 g/mol. The largest absolute Gasteiger partial charge is 0.481 e. The molecule has 61 heavy (non-hydrogen) atoms. The van der Waals surface area contributed by atoms with Crippen molar-refractivity contribution in [2.75, 3.05) is 44.2 Å². The highest BCUT2D eigenvalue weighted by Crippen LogP contribution is 2.27. The number of aromatic nitrogens is 1. The Morgan fingerprint density at radius 3 is 2.41 bits per heavy atom. The standard InChI is InChI=1S/C38H52N10O11S2/c1-20-38(58)48-17-23(59-18-22-14-41-25-5-3-2-4-24(22)25)12-29(48)37(57)47-28(33(39)53)19-61-60-11-8-30(49)46-27(15-42-34(54)21-6-9-40-10-7-21)35(55)43-16-31(50)45-26(13-32(51)52)36(56)44-20/h2-5,14,20-21,23,26-29,40-41H,6-13,15-19H2,1H3,(H2,39,53)(H,42,54)(H,43,55)(H,44,56)(H,45,50)(H,46,49)(H,47,57)(H,51,52)/t20-,23?,26?,27?,28?,29-/m0/s1. The highest BCUT2D eigenvalue weighted by molar-refractivity contribution is 8.76. The van der Waals surface area contributed by atoms with Crippen LogP contribution in [0, 0.1) is 5.92 Å². The quantitative estimate of drug-likeness (QED) is 0.117. The molecule has 0 aliphatic carbocycles. The Labute approximate surface area is 358 Å². The van der Waals surface area contributed by atoms with E-state index in [1.807, 2.05) is 24.3 Å². The number of nitrogens with one attached hydrogen (secondary N) is 8. The molecule has 23 heteroatoms. The summed E-state index contributed by atoms with van der Waals surface area (Å²) < 4.78 is 6.19. The molecule has 11 N–H and O–H groups in total. The Kier molecular flexibility index (Phi) is 17.2. The summed E-state index contributed by atoms with van der Waals surface area (Å²) in [6, 6.07) is 0.900. The fourth-order valence-corrected chi connectivity index (χ4v) is 9.26. The molecule has 5 rings (SSSR count). The maximum Gasteiger partial charge on any atom is 0.305 e. The number of H-pyrrole nitrogens is 1. The van der Waals surface area contributed by atoms with Crippen LogP contribution in [0.2, 0.25) is 0 Å². The number of nitrogens with zero attached hydrogens (tertiary/aromatic N) is 1. The first kappa shape index (κ1) is 46.7. The first-order chi connectivity index (χ1) is 29.2. The van der Waals surface area contributed by atoms with E-state index in [1.165, 1.54) is 22.6 Å². The van der Waals surface area contributed by atoms with Crippen molar-refractivity contribution >= 4 is 85.7 Å². The molecule has 2 aromatic rings. The van der Waals surface area contributed by atoms with Crippen molar-refractivity contribution in [2.24, 2.45) is 11.7 Å². The van der Waals surface area contributed by atoms with Crippen molar-refractivity contribution in [3.05, 3.63) is 36.0 Å². The second-order valence-corrected chi connectivity index (χ2v) is 17.5. The molecule has 0 saturated carbocycles. The van der Waals surface area contributed by atoms with E-state index >= 15 is 0 Å². The van der Waals surface area contributed by atoms with Crippen LogP contribution < -0.4 is 43.0 Å². The van der Waals surface area contributed by atoms with Gasteiger partial charge in [0, 0.05) is 66.0 Å². The van der Waals surface area contributed by atoms with Gasteiger partial charge in [0.15, 0.2) is 0 Å². The van der Waals surface area contributed by atoms with Gasteiger partial charge in [0.05, 0.1) is 25.7 Å². The maximum absolute atomic E-state index is 14.0. The zero-order chi connectivity index (χ0) is 44.1. The summed E-state index contributed by atoms with van der Waals surface area (Å²) in [6.45, 7) is 1.65. The molecule has 3 saturated heterocycles. The zero-order valence-corrected chi connectivity index (χ0v) is 35.1. The number of ether oxygens (including phenoxy) is 1. The highest BCUT2D eigenvalue weighted by Gasteiger charge is 2.43. The van der Waals surface area contributed by atoms with Gasteiger partial charge in [0.25, 0.3) is 0 Å². The van der Waals surface area contributed by atoms with Gasteiger partial charge in [0.1, 0.15) is 30.2 Å². The van der Waals surface area contributed by atoms with Crippen molar-refractivity contribution < 1.29 is 53.0 Å². The van der Waals surface area contributed by atoms with E-state index in [0.717, 1.165) is 27.3 Å². The number of nitrogens with two attached hydrogens (primary N) is 1. The molecule has 21 nitrogen and oxygen atoms in total. The third kappa shape index (κ3) is 13.6. The van der Waals surface area contributed by atoms with E-state index in [1.54, 1.807) is 6.20 Å². The number of aromatic amines is 1. The van der Waals surface area contributed by atoms with Crippen LogP contribution in [0.1, 0.15) is 44.6 Å². The zero-order valence-electron chi connectivity index (χ0n) is 33.5. The number of hydrogen-bond donors (Lipinski definition) is 10. The SMILES string of the molecule is C[C@@H]1NC(=O)C(CC(=O)O)NC(=O)CNC(=O)C(CNC(=O)C2CCNCC2)NC(=O)CCSSCC(C(N)=O)NC(=O)[C@@H]2CC(OCc3c[nH]c4ccccc34)CN2C1=O. The summed E-state index contributed by atoms with van der Waals surface area (Å²) in [4.78, 5) is 122. The topological polar surface area (TPSA) is 312 Å². The molecule has 4 unspecified atom stereocenters. The van der Waals surface area contributed by atoms with Crippen LogP contribution >= 0.6 is 21.6 Å². The molecule has 4 heterocycles. The molecule has 0 spiro atoms. The number of piperidine rings is 1. The Bertz CT molecular complexity index is 1960. The second kappa shape index (κ2) is 22.5. The normalized spacial score (nSPS) is 26.0. The second-order valence-electron chi connectivity index (χ2n) is 14.9. The predicted molar refractivity (Wildman–Crippen MR) is 223 cm³/mol. The van der Waals surface area contributed by atoms with E-state index in [-0.39, 0.29) is 55.9 Å². The van der Waals surface area contributed by atoms with Gasteiger partial charge in [-0.25, -0.2) is 0 Å². The van der Waals surface area contributed by atoms with Crippen LogP contribution in [0.15, 0.2) is 30.5 Å².